The van der Waals surface area contributed by atoms with Gasteiger partial charge in [-0.15, -0.1) is 0 Å². The van der Waals surface area contributed by atoms with E-state index < -0.39 is 5.76 Å². The highest BCUT2D eigenvalue weighted by molar-refractivity contribution is 6.30. The summed E-state index contributed by atoms with van der Waals surface area (Å²) >= 11 is 6.38. The monoisotopic (exact) mass is 566 g/mol. The second-order valence-corrected chi connectivity index (χ2v) is 11.7. The van der Waals surface area contributed by atoms with Crippen LogP contribution in [0.1, 0.15) is 63.8 Å². The number of hydrogen-bond donors (Lipinski definition) is 1. The maximum absolute atomic E-state index is 11.8. The maximum Gasteiger partial charge on any atom is 0.439 e. The molecule has 0 aliphatic heterocycles. The molecule has 1 atom stereocenters. The first-order valence-electron chi connectivity index (χ1n) is 14.2. The molecule has 2 fully saturated rings. The highest BCUT2D eigenvalue weighted by atomic mass is 35.5. The predicted octanol–water partition coefficient (Wildman–Crippen LogP) is 5.82. The van der Waals surface area contributed by atoms with E-state index in [0.717, 1.165) is 54.1 Å². The smallest absolute Gasteiger partial charge is 0.382 e. The molecule has 11 heteroatoms. The van der Waals surface area contributed by atoms with Crippen LogP contribution in [0.5, 0.6) is 0 Å². The number of aryl methyl sites for hydroxylation is 1. The predicted molar refractivity (Wildman–Crippen MR) is 151 cm³/mol. The number of halogens is 1. The van der Waals surface area contributed by atoms with Gasteiger partial charge in [0.1, 0.15) is 17.6 Å². The van der Waals surface area contributed by atoms with E-state index in [1.165, 1.54) is 25.7 Å². The molecule has 0 bridgehead atoms. The summed E-state index contributed by atoms with van der Waals surface area (Å²) in [7, 11) is 1.68. The van der Waals surface area contributed by atoms with E-state index in [1.807, 2.05) is 12.1 Å². The van der Waals surface area contributed by atoms with Crippen LogP contribution in [0, 0.1) is 17.8 Å². The van der Waals surface area contributed by atoms with Gasteiger partial charge in [0.2, 0.25) is 5.82 Å². The molecule has 4 heterocycles. The van der Waals surface area contributed by atoms with Crippen molar-refractivity contribution in [1.29, 1.82) is 0 Å². The lowest BCUT2D eigenvalue weighted by molar-refractivity contribution is -0.00110. The van der Waals surface area contributed by atoms with Gasteiger partial charge in [-0.2, -0.15) is 0 Å². The molecule has 40 heavy (non-hydrogen) atoms. The van der Waals surface area contributed by atoms with Crippen LogP contribution < -0.4 is 5.76 Å². The highest BCUT2D eigenvalue weighted by Crippen LogP contribution is 2.45. The number of pyridine rings is 2. The summed E-state index contributed by atoms with van der Waals surface area (Å²) in [5.41, 5.74) is 3.53. The summed E-state index contributed by atoms with van der Waals surface area (Å²) in [5, 5.41) is 4.39. The van der Waals surface area contributed by atoms with Crippen LogP contribution in [0.2, 0.25) is 5.02 Å². The van der Waals surface area contributed by atoms with Crippen molar-refractivity contribution in [2.45, 2.75) is 64.5 Å². The Morgan fingerprint density at radius 1 is 1.12 bits per heavy atom. The maximum atomic E-state index is 11.8. The summed E-state index contributed by atoms with van der Waals surface area (Å²) in [6, 6.07) is 3.70. The summed E-state index contributed by atoms with van der Waals surface area (Å²) in [4.78, 5) is 28.8. The molecule has 6 rings (SSSR count). The van der Waals surface area contributed by atoms with Crippen LogP contribution in [0.15, 0.2) is 33.8 Å². The second kappa shape index (κ2) is 11.8. The Kier molecular flexibility index (Phi) is 8.00. The van der Waals surface area contributed by atoms with E-state index in [9.17, 15) is 4.79 Å². The standard InChI is InChI=1S/C29H35ClN6O4/c1-17-3-5-18(6-4-17)9-10-36-25-22(33-28(36)26(19-7-8-19)39-12-11-38-2)14-23(27-34-29(37)40-35-27)32-24(25)20-13-21(30)16-31-15-20/h13-19,26H,3-12H2,1-2H3,(H,34,35,37)/t17-,18-,26?. The van der Waals surface area contributed by atoms with Crippen molar-refractivity contribution in [2.75, 3.05) is 20.3 Å². The van der Waals surface area contributed by atoms with Gasteiger partial charge in [-0.25, -0.2) is 14.8 Å². The van der Waals surface area contributed by atoms with Gasteiger partial charge in [-0.05, 0) is 49.1 Å². The Bertz CT molecular complexity index is 1520. The molecule has 0 radical (unpaired) electrons. The van der Waals surface area contributed by atoms with Crippen molar-refractivity contribution >= 4 is 22.6 Å². The third kappa shape index (κ3) is 5.84. The number of aromatic nitrogens is 6. The second-order valence-electron chi connectivity index (χ2n) is 11.2. The van der Waals surface area contributed by atoms with Crippen molar-refractivity contribution in [3.63, 3.8) is 0 Å². The van der Waals surface area contributed by atoms with Gasteiger partial charge in [-0.3, -0.25) is 14.5 Å². The normalized spacial score (nSPS) is 20.3. The van der Waals surface area contributed by atoms with Gasteiger partial charge >= 0.3 is 5.76 Å². The summed E-state index contributed by atoms with van der Waals surface area (Å²) in [5.74, 6) is 2.41. The molecule has 1 N–H and O–H groups in total. The molecule has 0 aromatic carbocycles. The quantitative estimate of drug-likeness (QED) is 0.225. The van der Waals surface area contributed by atoms with Crippen molar-refractivity contribution in [1.82, 2.24) is 29.7 Å². The Morgan fingerprint density at radius 3 is 2.65 bits per heavy atom. The molecule has 0 amide bonds. The minimum atomic E-state index is -0.642. The minimum Gasteiger partial charge on any atom is -0.382 e. The van der Waals surface area contributed by atoms with Crippen molar-refractivity contribution in [2.24, 2.45) is 17.8 Å². The van der Waals surface area contributed by atoms with E-state index >= 15 is 0 Å². The number of fused-ring (bicyclic) bond motifs is 1. The SMILES string of the molecule is COCCOC(c1nc2cc(-c3noc(=O)[nH]3)nc(-c3cncc(Cl)c3)c2n1CC[C@H]1CC[C@H](C)CC1)C1CC1. The average molecular weight is 567 g/mol. The lowest BCUT2D eigenvalue weighted by Crippen LogP contribution is -2.19. The van der Waals surface area contributed by atoms with E-state index in [0.29, 0.717) is 41.5 Å². The van der Waals surface area contributed by atoms with Gasteiger partial charge in [0, 0.05) is 31.6 Å². The van der Waals surface area contributed by atoms with Crippen molar-refractivity contribution in [3.8, 4) is 22.8 Å². The number of ether oxygens (including phenoxy) is 2. The zero-order valence-corrected chi connectivity index (χ0v) is 23.7. The van der Waals surface area contributed by atoms with Gasteiger partial charge in [0.25, 0.3) is 0 Å². The number of nitrogens with zero attached hydrogens (tertiary/aromatic N) is 5. The molecule has 0 saturated heterocycles. The van der Waals surface area contributed by atoms with E-state index in [1.54, 1.807) is 19.5 Å². The van der Waals surface area contributed by atoms with Crippen LogP contribution in [-0.2, 0) is 16.0 Å². The summed E-state index contributed by atoms with van der Waals surface area (Å²) in [6.45, 7) is 4.18. The van der Waals surface area contributed by atoms with Gasteiger partial charge < -0.3 is 14.0 Å². The summed E-state index contributed by atoms with van der Waals surface area (Å²) in [6.07, 6.45) is 11.6. The number of rotatable bonds is 11. The van der Waals surface area contributed by atoms with Crippen LogP contribution in [0.25, 0.3) is 33.8 Å². The third-order valence-electron chi connectivity index (χ3n) is 8.20. The van der Waals surface area contributed by atoms with E-state index in [4.69, 9.17) is 35.6 Å². The first-order chi connectivity index (χ1) is 19.5. The van der Waals surface area contributed by atoms with Crippen LogP contribution in [0.3, 0.4) is 0 Å². The molecule has 2 saturated carbocycles. The van der Waals surface area contributed by atoms with Gasteiger partial charge in [0.05, 0.1) is 35.0 Å². The molecular weight excluding hydrogens is 532 g/mol. The zero-order valence-electron chi connectivity index (χ0n) is 22.9. The lowest BCUT2D eigenvalue weighted by Gasteiger charge is -2.27. The molecule has 4 aromatic heterocycles. The zero-order chi connectivity index (χ0) is 27.6. The molecule has 4 aromatic rings. The first-order valence-corrected chi connectivity index (χ1v) is 14.6. The average Bonchev–Trinajstić information content (AvgIpc) is 3.60. The largest absolute Gasteiger partial charge is 0.439 e. The Balaban J connectivity index is 1.50. The number of methoxy groups -OCH3 is 1. The number of H-pyrrole nitrogens is 1. The molecular formula is C29H35ClN6O4. The van der Waals surface area contributed by atoms with Gasteiger partial charge in [0.15, 0.2) is 0 Å². The van der Waals surface area contributed by atoms with Crippen molar-refractivity contribution < 1.29 is 14.0 Å². The fraction of sp³-hybridized carbons (Fsp3) is 0.552. The molecule has 0 spiro atoms. The fourth-order valence-electron chi connectivity index (χ4n) is 5.83. The van der Waals surface area contributed by atoms with Crippen LogP contribution in [0.4, 0.5) is 0 Å². The lowest BCUT2D eigenvalue weighted by atomic mass is 9.81. The molecule has 2 aliphatic rings. The number of nitrogens with one attached hydrogen (secondary N) is 1. The third-order valence-corrected chi connectivity index (χ3v) is 8.41. The Morgan fingerprint density at radius 2 is 1.95 bits per heavy atom. The van der Waals surface area contributed by atoms with E-state index in [2.05, 4.69) is 26.6 Å². The summed E-state index contributed by atoms with van der Waals surface area (Å²) < 4.78 is 18.8. The molecule has 1 unspecified atom stereocenters. The van der Waals surface area contributed by atoms with Gasteiger partial charge in [-0.1, -0.05) is 49.4 Å². The van der Waals surface area contributed by atoms with Crippen LogP contribution >= 0.6 is 11.6 Å². The molecule has 10 nitrogen and oxygen atoms in total. The fourth-order valence-corrected chi connectivity index (χ4v) is 6.00. The molecule has 212 valence electrons. The Labute approximate surface area is 237 Å². The molecule has 2 aliphatic carbocycles. The topological polar surface area (TPSA) is 121 Å². The first kappa shape index (κ1) is 27.1. The number of aromatic amines is 1. The Hall–Kier alpha value is -3.08. The van der Waals surface area contributed by atoms with Crippen molar-refractivity contribution in [3.05, 3.63) is 45.9 Å². The minimum absolute atomic E-state index is 0.144. The number of imidazole rings is 1. The highest BCUT2D eigenvalue weighted by Gasteiger charge is 2.37. The van der Waals surface area contributed by atoms with E-state index in [-0.39, 0.29) is 11.9 Å². The van der Waals surface area contributed by atoms with Crippen LogP contribution in [-0.4, -0.2) is 50.0 Å². The number of hydrogen-bond acceptors (Lipinski definition) is 8.